The van der Waals surface area contributed by atoms with Gasteiger partial charge >= 0.3 is 0 Å². The van der Waals surface area contributed by atoms with Gasteiger partial charge in [-0.1, -0.05) is 71.3 Å². The maximum absolute atomic E-state index is 5.24. The van der Waals surface area contributed by atoms with E-state index in [0.29, 0.717) is 0 Å². The Kier molecular flexibility index (Phi) is 7.49. The number of hydrogen-bond acceptors (Lipinski definition) is 12. The number of pyridine rings is 4. The first-order valence-corrected chi connectivity index (χ1v) is 22.5. The van der Waals surface area contributed by atoms with Gasteiger partial charge in [-0.3, -0.25) is 0 Å². The second-order valence-corrected chi connectivity index (χ2v) is 19.3. The minimum atomic E-state index is -0.135. The number of aryl methyl sites for hydroxylation is 4. The smallest absolute Gasteiger partial charge is 0.251 e. The normalized spacial score (nSPS) is 14.0. The maximum atomic E-state index is 5.24. The van der Waals surface area contributed by atoms with Crippen molar-refractivity contribution in [2.24, 2.45) is 28.2 Å². The van der Waals surface area contributed by atoms with Crippen LogP contribution in [0.15, 0.2) is 138 Å². The molecule has 8 aromatic heterocycles. The second-order valence-electron chi connectivity index (χ2n) is 15.3. The molecule has 0 saturated carbocycles. The van der Waals surface area contributed by atoms with E-state index in [-0.39, 0.29) is 13.4 Å². The summed E-state index contributed by atoms with van der Waals surface area (Å²) < 4.78 is 8.19. The first-order chi connectivity index (χ1) is 29.4. The second kappa shape index (κ2) is 12.8. The lowest BCUT2D eigenvalue weighted by molar-refractivity contribution is 0.921. The molecule has 0 spiro atoms. The lowest BCUT2D eigenvalue weighted by Gasteiger charge is -2.40. The first-order valence-electron chi connectivity index (χ1n) is 19.2. The fourth-order valence-corrected chi connectivity index (χ4v) is 14.2. The summed E-state index contributed by atoms with van der Waals surface area (Å²) in [5.74, 6) is 3.50. The van der Waals surface area contributed by atoms with E-state index < -0.39 is 0 Å². The highest BCUT2D eigenvalue weighted by molar-refractivity contribution is 8.05. The standard InChI is InChI=1S/C42H28B2N12S4/c1-53-9-5-45-35(53)21-13-25-39(49-17-21)57-31-29-32(58-40-26(43(25)29)14-22(18-50-40)36-46-6-10-54(36)2)34-30-33(31)59-41-27(15-23(19-51-41)37-47-7-11-55(37)3)44(30)28-16-24(20-52-42(28)60-34)38-48-8-12-56(38)4/h5-20H,1-4H3. The zero-order valence-electron chi connectivity index (χ0n) is 32.4. The molecule has 286 valence electrons. The highest BCUT2D eigenvalue weighted by Crippen LogP contribution is 2.50. The topological polar surface area (TPSA) is 123 Å². The van der Waals surface area contributed by atoms with Crippen LogP contribution in [-0.4, -0.2) is 71.6 Å². The summed E-state index contributed by atoms with van der Waals surface area (Å²) in [6.07, 6.45) is 23.1. The molecule has 12 nitrogen and oxygen atoms in total. The monoisotopic (exact) mass is 850 g/mol. The highest BCUT2D eigenvalue weighted by Gasteiger charge is 2.49. The molecule has 4 aliphatic heterocycles. The van der Waals surface area contributed by atoms with Crippen LogP contribution in [0, 0.1) is 0 Å². The third-order valence-electron chi connectivity index (χ3n) is 11.8. The number of nitrogens with zero attached hydrogens (tertiary/aromatic N) is 12. The molecule has 13 rings (SSSR count). The molecule has 0 bridgehead atoms. The van der Waals surface area contributed by atoms with Crippen molar-refractivity contribution < 1.29 is 0 Å². The van der Waals surface area contributed by atoms with Crippen LogP contribution in [0.4, 0.5) is 0 Å². The van der Waals surface area contributed by atoms with Gasteiger partial charge in [-0.25, -0.2) is 39.9 Å². The molecule has 60 heavy (non-hydrogen) atoms. The molecule has 0 aliphatic carbocycles. The maximum Gasteiger partial charge on any atom is 0.251 e. The van der Waals surface area contributed by atoms with E-state index in [9.17, 15) is 0 Å². The molecule has 9 aromatic rings. The van der Waals surface area contributed by atoms with Crippen LogP contribution in [0.2, 0.25) is 0 Å². The van der Waals surface area contributed by atoms with Crippen molar-refractivity contribution in [3.8, 4) is 45.6 Å². The fraction of sp³-hybridized carbons (Fsp3) is 0.0952. The molecule has 0 saturated heterocycles. The SMILES string of the molecule is Cn1ccnc1-c1cnc2c(c1)B1c3cc(-c4nccn4C)cnc3Sc3c4c5c(c(c31)S2)Sc1ncc(-c2nccn2C)cc1B5c1cc(-c2nccn2C)cnc1S4. The van der Waals surface area contributed by atoms with Crippen molar-refractivity contribution in [1.82, 2.24) is 58.1 Å². The highest BCUT2D eigenvalue weighted by atomic mass is 32.2. The zero-order chi connectivity index (χ0) is 40.0. The molecular weight excluding hydrogens is 822 g/mol. The average Bonchev–Trinajstić information content (AvgIpc) is 4.10. The summed E-state index contributed by atoms with van der Waals surface area (Å²) in [5.41, 5.74) is 11.1. The number of hydrogen-bond donors (Lipinski definition) is 0. The number of imidazole rings is 4. The Morgan fingerprint density at radius 3 is 0.833 bits per heavy atom. The van der Waals surface area contributed by atoms with Crippen LogP contribution < -0.4 is 32.8 Å². The summed E-state index contributed by atoms with van der Waals surface area (Å²) in [4.78, 5) is 44.7. The van der Waals surface area contributed by atoms with Crippen LogP contribution in [0.5, 0.6) is 0 Å². The van der Waals surface area contributed by atoms with Gasteiger partial charge in [0.05, 0.1) is 20.1 Å². The molecule has 1 aromatic carbocycles. The van der Waals surface area contributed by atoms with Crippen molar-refractivity contribution in [2.45, 2.75) is 39.7 Å². The van der Waals surface area contributed by atoms with Gasteiger partial charge in [-0.05, 0) is 32.8 Å². The van der Waals surface area contributed by atoms with E-state index in [2.05, 4.69) is 24.3 Å². The molecule has 0 radical (unpaired) electrons. The average molecular weight is 851 g/mol. The molecule has 0 unspecified atom stereocenters. The van der Waals surface area contributed by atoms with E-state index in [1.54, 1.807) is 47.0 Å². The van der Waals surface area contributed by atoms with E-state index in [1.165, 1.54) is 30.5 Å². The summed E-state index contributed by atoms with van der Waals surface area (Å²) in [6, 6.07) is 9.18. The Labute approximate surface area is 361 Å². The van der Waals surface area contributed by atoms with Crippen molar-refractivity contribution in [3.63, 3.8) is 0 Å². The largest absolute Gasteiger partial charge is 0.334 e. The van der Waals surface area contributed by atoms with E-state index in [0.717, 1.165) is 87.5 Å². The van der Waals surface area contributed by atoms with Gasteiger partial charge in [-0.15, -0.1) is 0 Å². The van der Waals surface area contributed by atoms with Gasteiger partial charge in [0, 0.05) is 144 Å². The lowest BCUT2D eigenvalue weighted by atomic mass is 9.34. The predicted molar refractivity (Wildman–Crippen MR) is 238 cm³/mol. The van der Waals surface area contributed by atoms with E-state index in [1.807, 2.05) is 121 Å². The molecule has 12 heterocycles. The summed E-state index contributed by atoms with van der Waals surface area (Å²) in [7, 11) is 8.10. The van der Waals surface area contributed by atoms with Gasteiger partial charge in [0.1, 0.15) is 23.3 Å². The molecule has 0 amide bonds. The minimum absolute atomic E-state index is 0.135. The molecule has 0 N–H and O–H groups in total. The third kappa shape index (κ3) is 4.95. The van der Waals surface area contributed by atoms with Crippen LogP contribution in [0.3, 0.4) is 0 Å². The minimum Gasteiger partial charge on any atom is -0.334 e. The number of fused-ring (bicyclic) bond motifs is 10. The molecule has 18 heteroatoms. The summed E-state index contributed by atoms with van der Waals surface area (Å²) >= 11 is 7.09. The number of rotatable bonds is 4. The Morgan fingerprint density at radius 2 is 0.617 bits per heavy atom. The Hall–Kier alpha value is -5.81. The quantitative estimate of drug-likeness (QED) is 0.240. The Balaban J connectivity index is 1.08. The van der Waals surface area contributed by atoms with Gasteiger partial charge < -0.3 is 18.3 Å². The van der Waals surface area contributed by atoms with Gasteiger partial charge in [-0.2, -0.15) is 0 Å². The summed E-state index contributed by atoms with van der Waals surface area (Å²) in [6.45, 7) is -0.270. The van der Waals surface area contributed by atoms with Gasteiger partial charge in [0.25, 0.3) is 13.4 Å². The summed E-state index contributed by atoms with van der Waals surface area (Å²) in [5, 5.41) is 3.93. The van der Waals surface area contributed by atoms with Crippen molar-refractivity contribution in [1.29, 1.82) is 0 Å². The first kappa shape index (κ1) is 35.0. The van der Waals surface area contributed by atoms with Crippen LogP contribution in [0.1, 0.15) is 0 Å². The molecule has 0 atom stereocenters. The number of benzene rings is 1. The van der Waals surface area contributed by atoms with Crippen molar-refractivity contribution >= 4 is 93.2 Å². The fourth-order valence-electron chi connectivity index (χ4n) is 9.08. The van der Waals surface area contributed by atoms with Crippen molar-refractivity contribution in [2.75, 3.05) is 0 Å². The van der Waals surface area contributed by atoms with E-state index in [4.69, 9.17) is 39.9 Å². The van der Waals surface area contributed by atoms with Gasteiger partial charge in [0.2, 0.25) is 0 Å². The van der Waals surface area contributed by atoms with E-state index >= 15 is 0 Å². The third-order valence-corrected chi connectivity index (χ3v) is 16.7. The molecular formula is C42H28B2N12S4. The molecule has 4 aliphatic rings. The predicted octanol–water partition coefficient (Wildman–Crippen LogP) is 3.76. The van der Waals surface area contributed by atoms with Crippen LogP contribution in [0.25, 0.3) is 45.6 Å². The zero-order valence-corrected chi connectivity index (χ0v) is 35.7. The molecule has 0 fully saturated rings. The van der Waals surface area contributed by atoms with Gasteiger partial charge in [0.15, 0.2) is 0 Å². The van der Waals surface area contributed by atoms with Crippen LogP contribution in [-0.2, 0) is 28.2 Å². The lowest BCUT2D eigenvalue weighted by Crippen LogP contribution is -2.63. The van der Waals surface area contributed by atoms with Crippen molar-refractivity contribution in [3.05, 3.63) is 98.6 Å². The number of aromatic nitrogens is 12. The Bertz CT molecular complexity index is 2900. The Morgan fingerprint density at radius 1 is 0.367 bits per heavy atom. The van der Waals surface area contributed by atoms with Crippen LogP contribution >= 0.6 is 47.0 Å².